The van der Waals surface area contributed by atoms with Crippen molar-refractivity contribution in [1.29, 1.82) is 5.26 Å². The molecule has 0 bridgehead atoms. The second-order valence-corrected chi connectivity index (χ2v) is 8.09. The highest BCUT2D eigenvalue weighted by atomic mass is 16.3. The van der Waals surface area contributed by atoms with Gasteiger partial charge >= 0.3 is 0 Å². The summed E-state index contributed by atoms with van der Waals surface area (Å²) in [4.78, 5) is 15.3. The van der Waals surface area contributed by atoms with Crippen LogP contribution in [0.4, 0.5) is 11.5 Å². The lowest BCUT2D eigenvalue weighted by atomic mass is 9.85. The number of nitrogens with one attached hydrogen (secondary N) is 2. The summed E-state index contributed by atoms with van der Waals surface area (Å²) in [6, 6.07) is 11.1. The normalized spacial score (nSPS) is 21.1. The van der Waals surface area contributed by atoms with Crippen molar-refractivity contribution < 1.29 is 10.2 Å². The summed E-state index contributed by atoms with van der Waals surface area (Å²) in [5.74, 6) is 0.256. The number of H-pyrrole nitrogens is 1. The number of benzene rings is 1. The van der Waals surface area contributed by atoms with E-state index in [2.05, 4.69) is 16.4 Å². The van der Waals surface area contributed by atoms with Crippen molar-refractivity contribution in [2.24, 2.45) is 5.92 Å². The molecule has 1 aromatic carbocycles. The van der Waals surface area contributed by atoms with Gasteiger partial charge < -0.3 is 20.5 Å². The molecule has 1 aliphatic rings. The lowest BCUT2D eigenvalue weighted by molar-refractivity contribution is -0.00223. The van der Waals surface area contributed by atoms with Crippen LogP contribution in [-0.2, 0) is 5.60 Å². The number of rotatable bonds is 5. The predicted molar refractivity (Wildman–Crippen MR) is 113 cm³/mol. The van der Waals surface area contributed by atoms with Crippen LogP contribution in [0, 0.1) is 17.2 Å². The van der Waals surface area contributed by atoms with Crippen molar-refractivity contribution in [3.8, 4) is 6.07 Å². The van der Waals surface area contributed by atoms with Gasteiger partial charge in [-0.15, -0.1) is 0 Å². The van der Waals surface area contributed by atoms with Crippen LogP contribution in [0.15, 0.2) is 41.3 Å². The van der Waals surface area contributed by atoms with E-state index in [0.29, 0.717) is 28.0 Å². The maximum absolute atomic E-state index is 12.6. The smallest absolute Gasteiger partial charge is 0.261 e. The first-order valence-corrected chi connectivity index (χ1v) is 10.1. The molecule has 156 valence electrons. The quantitative estimate of drug-likeness (QED) is 0.515. The van der Waals surface area contributed by atoms with Gasteiger partial charge in [-0.2, -0.15) is 10.4 Å². The van der Waals surface area contributed by atoms with E-state index in [-0.39, 0.29) is 17.5 Å². The van der Waals surface area contributed by atoms with Crippen LogP contribution in [0.5, 0.6) is 0 Å². The van der Waals surface area contributed by atoms with E-state index in [1.165, 1.54) is 6.92 Å². The molecule has 3 unspecified atom stereocenters. The van der Waals surface area contributed by atoms with Gasteiger partial charge in [0.1, 0.15) is 11.0 Å². The Balaban J connectivity index is 1.78. The molecular weight excluding hydrogens is 382 g/mol. The lowest BCUT2D eigenvalue weighted by Crippen LogP contribution is -2.25. The van der Waals surface area contributed by atoms with Gasteiger partial charge in [0.2, 0.25) is 0 Å². The zero-order valence-electron chi connectivity index (χ0n) is 16.8. The number of aliphatic hydroxyl groups is 2. The van der Waals surface area contributed by atoms with Crippen LogP contribution in [0.25, 0.3) is 10.9 Å². The highest BCUT2D eigenvalue weighted by molar-refractivity contribution is 5.91. The van der Waals surface area contributed by atoms with Gasteiger partial charge in [0.05, 0.1) is 30.2 Å². The number of anilines is 2. The van der Waals surface area contributed by atoms with E-state index in [9.17, 15) is 20.3 Å². The summed E-state index contributed by atoms with van der Waals surface area (Å²) < 4.78 is 1.81. The highest BCUT2D eigenvalue weighted by Crippen LogP contribution is 2.36. The molecule has 3 atom stereocenters. The second-order valence-electron chi connectivity index (χ2n) is 8.09. The summed E-state index contributed by atoms with van der Waals surface area (Å²) in [5, 5.41) is 37.7. The Morgan fingerprint density at radius 2 is 2.17 bits per heavy atom. The average molecular weight is 407 g/mol. The largest absolute Gasteiger partial charge is 0.393 e. The summed E-state index contributed by atoms with van der Waals surface area (Å²) in [6.07, 6.45) is 5.31. The minimum absolute atomic E-state index is 0.0787. The van der Waals surface area contributed by atoms with Crippen LogP contribution in [-0.4, -0.2) is 31.6 Å². The number of aromatic amines is 1. The minimum Gasteiger partial charge on any atom is -0.393 e. The molecule has 2 aromatic heterocycles. The van der Waals surface area contributed by atoms with Gasteiger partial charge in [-0.25, -0.2) is 0 Å². The van der Waals surface area contributed by atoms with Gasteiger partial charge in [0.15, 0.2) is 5.82 Å². The SMILES string of the molecule is CC(O)(CO)c1cccc(Nc2nn(C3CCCCC3C#N)c3cc[nH]c(=O)c23)c1. The van der Waals surface area contributed by atoms with Gasteiger partial charge in [0.25, 0.3) is 5.56 Å². The fourth-order valence-electron chi connectivity index (χ4n) is 4.15. The molecule has 1 saturated carbocycles. The predicted octanol–water partition coefficient (Wildman–Crippen LogP) is 2.92. The minimum atomic E-state index is -1.38. The first kappa shape index (κ1) is 20.1. The van der Waals surface area contributed by atoms with Crippen LogP contribution in [0.1, 0.15) is 44.2 Å². The number of pyridine rings is 1. The number of nitriles is 1. The van der Waals surface area contributed by atoms with E-state index < -0.39 is 12.2 Å². The number of hydrogen-bond acceptors (Lipinski definition) is 6. The summed E-state index contributed by atoms with van der Waals surface area (Å²) in [6.45, 7) is 1.12. The molecule has 4 rings (SSSR count). The molecule has 2 heterocycles. The van der Waals surface area contributed by atoms with Crippen molar-refractivity contribution >= 4 is 22.4 Å². The molecule has 0 amide bonds. The Morgan fingerprint density at radius 3 is 2.93 bits per heavy atom. The van der Waals surface area contributed by atoms with Gasteiger partial charge in [-0.3, -0.25) is 9.48 Å². The first-order valence-electron chi connectivity index (χ1n) is 10.1. The summed E-state index contributed by atoms with van der Waals surface area (Å²) >= 11 is 0. The fourth-order valence-corrected chi connectivity index (χ4v) is 4.15. The molecule has 8 nitrogen and oxygen atoms in total. The Hall–Kier alpha value is -3.15. The van der Waals surface area contributed by atoms with E-state index in [1.54, 1.807) is 30.5 Å². The number of hydrogen-bond donors (Lipinski definition) is 4. The van der Waals surface area contributed by atoms with Crippen LogP contribution in [0.3, 0.4) is 0 Å². The molecule has 4 N–H and O–H groups in total. The van der Waals surface area contributed by atoms with E-state index in [1.807, 2.05) is 10.7 Å². The number of aromatic nitrogens is 3. The van der Waals surface area contributed by atoms with E-state index in [4.69, 9.17) is 5.10 Å². The molecule has 0 spiro atoms. The lowest BCUT2D eigenvalue weighted by Gasteiger charge is -2.27. The third kappa shape index (κ3) is 3.58. The molecule has 3 aromatic rings. The Labute approximate surface area is 173 Å². The Morgan fingerprint density at radius 1 is 1.37 bits per heavy atom. The van der Waals surface area contributed by atoms with Crippen molar-refractivity contribution in [3.05, 3.63) is 52.4 Å². The van der Waals surface area contributed by atoms with Crippen molar-refractivity contribution in [2.75, 3.05) is 11.9 Å². The molecule has 1 fully saturated rings. The molecule has 8 heteroatoms. The van der Waals surface area contributed by atoms with Crippen LogP contribution >= 0.6 is 0 Å². The van der Waals surface area contributed by atoms with E-state index in [0.717, 1.165) is 25.7 Å². The summed E-state index contributed by atoms with van der Waals surface area (Å²) in [5.41, 5.74) is 0.232. The number of nitrogens with zero attached hydrogens (tertiary/aromatic N) is 3. The monoisotopic (exact) mass is 407 g/mol. The molecule has 30 heavy (non-hydrogen) atoms. The number of aliphatic hydroxyl groups excluding tert-OH is 1. The molecular formula is C22H25N5O3. The third-order valence-corrected chi connectivity index (χ3v) is 5.89. The Bertz CT molecular complexity index is 1160. The molecule has 0 radical (unpaired) electrons. The molecule has 0 aliphatic heterocycles. The maximum atomic E-state index is 12.6. The zero-order chi connectivity index (χ0) is 21.3. The van der Waals surface area contributed by atoms with Gasteiger partial charge in [-0.1, -0.05) is 25.0 Å². The fraction of sp³-hybridized carbons (Fsp3) is 0.409. The third-order valence-electron chi connectivity index (χ3n) is 5.89. The topological polar surface area (TPSA) is 127 Å². The van der Waals surface area contributed by atoms with Crippen molar-refractivity contribution in [3.63, 3.8) is 0 Å². The van der Waals surface area contributed by atoms with E-state index >= 15 is 0 Å². The standard InChI is InChI=1S/C22H25N5O3/c1-22(30,13-28)15-6-4-7-16(11-15)25-20-19-18(9-10-24-21(19)29)27(26-20)17-8-3-2-5-14(17)12-23/h4,6-7,9-11,14,17,28,30H,2-3,5,8,13H2,1H3,(H,24,29)(H,25,26). The van der Waals surface area contributed by atoms with Crippen molar-refractivity contribution in [1.82, 2.24) is 14.8 Å². The van der Waals surface area contributed by atoms with Gasteiger partial charge in [0, 0.05) is 11.9 Å². The number of fused-ring (bicyclic) bond motifs is 1. The van der Waals surface area contributed by atoms with Gasteiger partial charge in [-0.05, 0) is 43.5 Å². The molecule has 1 aliphatic carbocycles. The van der Waals surface area contributed by atoms with Crippen molar-refractivity contribution in [2.45, 2.75) is 44.2 Å². The maximum Gasteiger partial charge on any atom is 0.261 e. The molecule has 0 saturated heterocycles. The second kappa shape index (κ2) is 7.94. The Kier molecular flexibility index (Phi) is 5.33. The van der Waals surface area contributed by atoms with Crippen LogP contribution < -0.4 is 10.9 Å². The van der Waals surface area contributed by atoms with Crippen LogP contribution in [0.2, 0.25) is 0 Å². The first-order chi connectivity index (χ1) is 14.4. The zero-order valence-corrected chi connectivity index (χ0v) is 16.8. The summed E-state index contributed by atoms with van der Waals surface area (Å²) in [7, 11) is 0. The average Bonchev–Trinajstić information content (AvgIpc) is 3.13. The highest BCUT2D eigenvalue weighted by Gasteiger charge is 2.30.